The summed E-state index contributed by atoms with van der Waals surface area (Å²) in [5, 5.41) is 2.78. The van der Waals surface area contributed by atoms with E-state index in [1.54, 1.807) is 23.6 Å². The molecule has 0 bridgehead atoms. The maximum atomic E-state index is 12.2. The van der Waals surface area contributed by atoms with Crippen molar-refractivity contribution in [3.8, 4) is 0 Å². The SMILES string of the molecule is CCC1(C)NC(=O)CN(C(C)CSC)C1=O. The molecule has 1 N–H and O–H groups in total. The second kappa shape index (κ2) is 5.08. The molecule has 0 saturated carbocycles. The van der Waals surface area contributed by atoms with Crippen molar-refractivity contribution in [2.45, 2.75) is 38.8 Å². The normalized spacial score (nSPS) is 27.9. The van der Waals surface area contributed by atoms with Crippen LogP contribution in [0.15, 0.2) is 0 Å². The Balaban J connectivity index is 2.85. The van der Waals surface area contributed by atoms with E-state index >= 15 is 0 Å². The van der Waals surface area contributed by atoms with Crippen molar-refractivity contribution in [1.29, 1.82) is 0 Å². The van der Waals surface area contributed by atoms with E-state index in [-0.39, 0.29) is 24.4 Å². The van der Waals surface area contributed by atoms with Gasteiger partial charge in [0, 0.05) is 11.8 Å². The predicted molar refractivity (Wildman–Crippen MR) is 66.4 cm³/mol. The molecule has 5 heteroatoms. The highest BCUT2D eigenvalue weighted by Gasteiger charge is 2.42. The van der Waals surface area contributed by atoms with Crippen molar-refractivity contribution in [3.63, 3.8) is 0 Å². The molecular weight excluding hydrogens is 224 g/mol. The zero-order valence-electron chi connectivity index (χ0n) is 10.4. The van der Waals surface area contributed by atoms with Crippen LogP contribution in [0.5, 0.6) is 0 Å². The maximum Gasteiger partial charge on any atom is 0.248 e. The average molecular weight is 244 g/mol. The molecule has 1 saturated heterocycles. The van der Waals surface area contributed by atoms with Gasteiger partial charge in [-0.3, -0.25) is 9.59 Å². The van der Waals surface area contributed by atoms with Gasteiger partial charge in [-0.25, -0.2) is 0 Å². The molecule has 0 aromatic carbocycles. The van der Waals surface area contributed by atoms with Crippen LogP contribution >= 0.6 is 11.8 Å². The number of nitrogens with one attached hydrogen (secondary N) is 1. The van der Waals surface area contributed by atoms with Crippen LogP contribution < -0.4 is 5.32 Å². The summed E-state index contributed by atoms with van der Waals surface area (Å²) in [6, 6.07) is 0.111. The molecule has 0 aliphatic carbocycles. The van der Waals surface area contributed by atoms with E-state index in [0.29, 0.717) is 6.42 Å². The lowest BCUT2D eigenvalue weighted by atomic mass is 9.93. The van der Waals surface area contributed by atoms with Crippen LogP contribution in [0.3, 0.4) is 0 Å². The second-order valence-corrected chi connectivity index (χ2v) is 5.38. The average Bonchev–Trinajstić information content (AvgIpc) is 2.23. The van der Waals surface area contributed by atoms with E-state index in [2.05, 4.69) is 5.32 Å². The Morgan fingerprint density at radius 1 is 1.56 bits per heavy atom. The highest BCUT2D eigenvalue weighted by Crippen LogP contribution is 2.20. The topological polar surface area (TPSA) is 49.4 Å². The summed E-state index contributed by atoms with van der Waals surface area (Å²) < 4.78 is 0. The molecule has 92 valence electrons. The lowest BCUT2D eigenvalue weighted by molar-refractivity contribution is -0.151. The van der Waals surface area contributed by atoms with E-state index in [0.717, 1.165) is 5.75 Å². The molecular formula is C11H20N2O2S. The molecule has 2 amide bonds. The number of hydrogen-bond donors (Lipinski definition) is 1. The molecule has 1 fully saturated rings. The van der Waals surface area contributed by atoms with Crippen LogP contribution in [-0.4, -0.2) is 46.8 Å². The zero-order valence-corrected chi connectivity index (χ0v) is 11.2. The Bertz CT molecular complexity index is 296. The Morgan fingerprint density at radius 3 is 2.69 bits per heavy atom. The number of piperazine rings is 1. The third kappa shape index (κ3) is 2.51. The van der Waals surface area contributed by atoms with Crippen molar-refractivity contribution in [1.82, 2.24) is 10.2 Å². The molecule has 1 aliphatic rings. The summed E-state index contributed by atoms with van der Waals surface area (Å²) in [7, 11) is 0. The van der Waals surface area contributed by atoms with E-state index in [1.807, 2.05) is 20.1 Å². The van der Waals surface area contributed by atoms with Crippen LogP contribution in [0, 0.1) is 0 Å². The molecule has 4 nitrogen and oxygen atoms in total. The van der Waals surface area contributed by atoms with Gasteiger partial charge in [-0.15, -0.1) is 0 Å². The molecule has 0 radical (unpaired) electrons. The monoisotopic (exact) mass is 244 g/mol. The van der Waals surface area contributed by atoms with Gasteiger partial charge < -0.3 is 10.2 Å². The van der Waals surface area contributed by atoms with Gasteiger partial charge >= 0.3 is 0 Å². The van der Waals surface area contributed by atoms with Crippen LogP contribution in [0.25, 0.3) is 0 Å². The fourth-order valence-corrected chi connectivity index (χ4v) is 2.53. The smallest absolute Gasteiger partial charge is 0.248 e. The van der Waals surface area contributed by atoms with Crippen LogP contribution in [0.2, 0.25) is 0 Å². The summed E-state index contributed by atoms with van der Waals surface area (Å²) in [6.45, 7) is 5.89. The lowest BCUT2D eigenvalue weighted by Crippen LogP contribution is -2.66. The van der Waals surface area contributed by atoms with Gasteiger partial charge in [0.2, 0.25) is 11.8 Å². The molecule has 1 rings (SSSR count). The number of carbonyl (C=O) groups is 2. The minimum absolute atomic E-state index is 0.0381. The molecule has 0 aromatic heterocycles. The first-order valence-corrected chi connectivity index (χ1v) is 6.95. The molecule has 2 atom stereocenters. The predicted octanol–water partition coefficient (Wildman–Crippen LogP) is 0.865. The van der Waals surface area contributed by atoms with Gasteiger partial charge in [-0.05, 0) is 26.5 Å². The fraction of sp³-hybridized carbons (Fsp3) is 0.818. The standard InChI is InChI=1S/C11H20N2O2S/c1-5-11(3)10(15)13(6-9(14)12-11)8(2)7-16-4/h8H,5-7H2,1-4H3,(H,12,14). The van der Waals surface area contributed by atoms with Crippen LogP contribution in [-0.2, 0) is 9.59 Å². The number of carbonyl (C=O) groups excluding carboxylic acids is 2. The Hall–Kier alpha value is -0.710. The van der Waals surface area contributed by atoms with Crippen molar-refractivity contribution in [2.75, 3.05) is 18.6 Å². The number of thioether (sulfide) groups is 1. The maximum absolute atomic E-state index is 12.2. The minimum Gasteiger partial charge on any atom is -0.340 e. The first-order valence-electron chi connectivity index (χ1n) is 5.55. The number of amides is 2. The highest BCUT2D eigenvalue weighted by atomic mass is 32.2. The lowest BCUT2D eigenvalue weighted by Gasteiger charge is -2.41. The highest BCUT2D eigenvalue weighted by molar-refractivity contribution is 7.98. The molecule has 1 aliphatic heterocycles. The summed E-state index contributed by atoms with van der Waals surface area (Å²) in [6.07, 6.45) is 2.63. The molecule has 0 aromatic rings. The first kappa shape index (κ1) is 13.4. The summed E-state index contributed by atoms with van der Waals surface area (Å²) in [4.78, 5) is 25.5. The van der Waals surface area contributed by atoms with Crippen molar-refractivity contribution in [2.24, 2.45) is 0 Å². The van der Waals surface area contributed by atoms with Gasteiger partial charge in [0.1, 0.15) is 5.54 Å². The van der Waals surface area contributed by atoms with Gasteiger partial charge in [0.15, 0.2) is 0 Å². The molecule has 0 spiro atoms. The van der Waals surface area contributed by atoms with E-state index in [4.69, 9.17) is 0 Å². The van der Waals surface area contributed by atoms with Crippen molar-refractivity contribution in [3.05, 3.63) is 0 Å². The third-order valence-electron chi connectivity index (χ3n) is 3.11. The van der Waals surface area contributed by atoms with Crippen molar-refractivity contribution < 1.29 is 9.59 Å². The van der Waals surface area contributed by atoms with E-state index < -0.39 is 5.54 Å². The van der Waals surface area contributed by atoms with E-state index in [1.165, 1.54) is 0 Å². The number of nitrogens with zero attached hydrogens (tertiary/aromatic N) is 1. The third-order valence-corrected chi connectivity index (χ3v) is 3.92. The molecule has 2 unspecified atom stereocenters. The summed E-state index contributed by atoms with van der Waals surface area (Å²) >= 11 is 1.69. The quantitative estimate of drug-likeness (QED) is 0.798. The fourth-order valence-electron chi connectivity index (χ4n) is 1.87. The largest absolute Gasteiger partial charge is 0.340 e. The Morgan fingerprint density at radius 2 is 2.19 bits per heavy atom. The Kier molecular flexibility index (Phi) is 4.24. The Labute approximate surface area is 101 Å². The van der Waals surface area contributed by atoms with Gasteiger partial charge in [-0.2, -0.15) is 11.8 Å². The number of rotatable bonds is 4. The van der Waals surface area contributed by atoms with E-state index in [9.17, 15) is 9.59 Å². The molecule has 1 heterocycles. The summed E-state index contributed by atoms with van der Waals surface area (Å²) in [5.41, 5.74) is -0.720. The second-order valence-electron chi connectivity index (χ2n) is 4.47. The van der Waals surface area contributed by atoms with Gasteiger partial charge in [-0.1, -0.05) is 6.92 Å². The van der Waals surface area contributed by atoms with Gasteiger partial charge in [0.25, 0.3) is 0 Å². The van der Waals surface area contributed by atoms with Crippen LogP contribution in [0.1, 0.15) is 27.2 Å². The van der Waals surface area contributed by atoms with Gasteiger partial charge in [0.05, 0.1) is 6.54 Å². The first-order chi connectivity index (χ1) is 7.44. The van der Waals surface area contributed by atoms with Crippen molar-refractivity contribution >= 4 is 23.6 Å². The van der Waals surface area contributed by atoms with Crippen LogP contribution in [0.4, 0.5) is 0 Å². The molecule has 16 heavy (non-hydrogen) atoms. The zero-order chi connectivity index (χ0) is 12.3. The summed E-state index contributed by atoms with van der Waals surface area (Å²) in [5.74, 6) is 0.840. The minimum atomic E-state index is -0.720. The number of hydrogen-bond acceptors (Lipinski definition) is 3.